The van der Waals surface area contributed by atoms with Gasteiger partial charge in [0.1, 0.15) is 0 Å². The van der Waals surface area contributed by atoms with Crippen LogP contribution in [0.25, 0.3) is 0 Å². The lowest BCUT2D eigenvalue weighted by atomic mass is 9.99. The van der Waals surface area contributed by atoms with Gasteiger partial charge in [-0.3, -0.25) is 0 Å². The monoisotopic (exact) mass is 246 g/mol. The summed E-state index contributed by atoms with van der Waals surface area (Å²) in [5.41, 5.74) is 4.26. The summed E-state index contributed by atoms with van der Waals surface area (Å²) >= 11 is 0. The third-order valence-electron chi connectivity index (χ3n) is 3.93. The van der Waals surface area contributed by atoms with Crippen molar-refractivity contribution in [3.63, 3.8) is 0 Å². The molecule has 3 rings (SSSR count). The lowest BCUT2D eigenvalue weighted by Gasteiger charge is -2.21. The van der Waals surface area contributed by atoms with Gasteiger partial charge in [-0.05, 0) is 36.3 Å². The zero-order valence-corrected chi connectivity index (χ0v) is 10.9. The van der Waals surface area contributed by atoms with E-state index >= 15 is 0 Å². The molecule has 1 aromatic rings. The molecule has 3 heteroatoms. The highest BCUT2D eigenvalue weighted by atomic mass is 16.5. The topological polar surface area (TPSA) is 33.3 Å². The van der Waals surface area contributed by atoms with Crippen LogP contribution in [0.4, 0.5) is 5.69 Å². The summed E-state index contributed by atoms with van der Waals surface area (Å²) in [6.45, 7) is 5.02. The van der Waals surface area contributed by atoms with Gasteiger partial charge in [-0.15, -0.1) is 0 Å². The molecule has 0 radical (unpaired) electrons. The van der Waals surface area contributed by atoms with Crippen LogP contribution in [-0.4, -0.2) is 26.3 Å². The molecule has 18 heavy (non-hydrogen) atoms. The van der Waals surface area contributed by atoms with Crippen LogP contribution in [0.5, 0.6) is 0 Å². The number of nitrogens with one attached hydrogen (secondary N) is 2. The van der Waals surface area contributed by atoms with E-state index in [0.29, 0.717) is 5.92 Å². The first-order valence-electron chi connectivity index (χ1n) is 7.06. The first-order chi connectivity index (χ1) is 8.93. The van der Waals surface area contributed by atoms with Crippen LogP contribution in [-0.2, 0) is 17.7 Å². The molecule has 98 valence electrons. The fourth-order valence-electron chi connectivity index (χ4n) is 2.88. The van der Waals surface area contributed by atoms with Crippen LogP contribution in [0.15, 0.2) is 18.2 Å². The quantitative estimate of drug-likeness (QED) is 0.854. The zero-order valence-electron chi connectivity index (χ0n) is 10.9. The Bertz CT molecular complexity index is 399. The van der Waals surface area contributed by atoms with E-state index in [0.717, 1.165) is 32.8 Å². The van der Waals surface area contributed by atoms with Crippen LogP contribution in [0, 0.1) is 5.92 Å². The van der Waals surface area contributed by atoms with Crippen LogP contribution in [0.2, 0.25) is 0 Å². The SMILES string of the molecule is c1cc2c(c(CNCC3CCOC3)c1)NCCC2. The van der Waals surface area contributed by atoms with E-state index in [1.807, 2.05) is 0 Å². The molecular formula is C15H22N2O. The molecule has 2 aliphatic heterocycles. The van der Waals surface area contributed by atoms with Crippen LogP contribution >= 0.6 is 0 Å². The first-order valence-corrected chi connectivity index (χ1v) is 7.06. The third-order valence-corrected chi connectivity index (χ3v) is 3.93. The minimum atomic E-state index is 0.706. The van der Waals surface area contributed by atoms with Gasteiger partial charge in [0.25, 0.3) is 0 Å². The van der Waals surface area contributed by atoms with Crippen molar-refractivity contribution in [2.24, 2.45) is 5.92 Å². The van der Waals surface area contributed by atoms with Crippen molar-refractivity contribution < 1.29 is 4.74 Å². The van der Waals surface area contributed by atoms with Crippen LogP contribution in [0.3, 0.4) is 0 Å². The molecule has 0 aromatic heterocycles. The van der Waals surface area contributed by atoms with E-state index < -0.39 is 0 Å². The zero-order chi connectivity index (χ0) is 12.2. The Hall–Kier alpha value is -1.06. The van der Waals surface area contributed by atoms with E-state index in [9.17, 15) is 0 Å². The molecule has 0 bridgehead atoms. The highest BCUT2D eigenvalue weighted by Crippen LogP contribution is 2.25. The van der Waals surface area contributed by atoms with Gasteiger partial charge in [-0.2, -0.15) is 0 Å². The molecule has 1 aromatic carbocycles. The Kier molecular flexibility index (Phi) is 3.81. The number of rotatable bonds is 4. The van der Waals surface area contributed by atoms with Crippen molar-refractivity contribution in [3.05, 3.63) is 29.3 Å². The number of hydrogen-bond donors (Lipinski definition) is 2. The standard InChI is InChI=1S/C15H22N2O/c1-3-13-5-2-7-17-15(13)14(4-1)10-16-9-12-6-8-18-11-12/h1,3-4,12,16-17H,2,5-11H2. The Morgan fingerprint density at radius 3 is 3.28 bits per heavy atom. The van der Waals surface area contributed by atoms with Crippen molar-refractivity contribution in [3.8, 4) is 0 Å². The normalized spacial score (nSPS) is 22.6. The maximum atomic E-state index is 5.40. The molecule has 1 fully saturated rings. The number of anilines is 1. The second-order valence-corrected chi connectivity index (χ2v) is 5.34. The van der Waals surface area contributed by atoms with E-state index in [1.54, 1.807) is 0 Å². The van der Waals surface area contributed by atoms with Gasteiger partial charge in [0.05, 0.1) is 6.61 Å². The maximum Gasteiger partial charge on any atom is 0.0507 e. The van der Waals surface area contributed by atoms with E-state index in [1.165, 1.54) is 36.1 Å². The summed E-state index contributed by atoms with van der Waals surface area (Å²) in [4.78, 5) is 0. The number of aryl methyl sites for hydroxylation is 1. The molecule has 2 heterocycles. The van der Waals surface area contributed by atoms with Crippen LogP contribution in [0.1, 0.15) is 24.0 Å². The summed E-state index contributed by atoms with van der Waals surface area (Å²) < 4.78 is 5.40. The van der Waals surface area contributed by atoms with E-state index in [-0.39, 0.29) is 0 Å². The predicted molar refractivity (Wildman–Crippen MR) is 73.9 cm³/mol. The second kappa shape index (κ2) is 5.72. The second-order valence-electron chi connectivity index (χ2n) is 5.34. The summed E-state index contributed by atoms with van der Waals surface area (Å²) in [6, 6.07) is 6.66. The first kappa shape index (κ1) is 12.0. The molecule has 0 saturated carbocycles. The molecule has 3 nitrogen and oxygen atoms in total. The van der Waals surface area contributed by atoms with Crippen molar-refractivity contribution >= 4 is 5.69 Å². The third kappa shape index (κ3) is 2.68. The highest BCUT2D eigenvalue weighted by Gasteiger charge is 2.16. The lowest BCUT2D eigenvalue weighted by molar-refractivity contribution is 0.185. The largest absolute Gasteiger partial charge is 0.385 e. The Balaban J connectivity index is 1.58. The Morgan fingerprint density at radius 2 is 2.39 bits per heavy atom. The fraction of sp³-hybridized carbons (Fsp3) is 0.600. The van der Waals surface area contributed by atoms with Gasteiger partial charge < -0.3 is 15.4 Å². The van der Waals surface area contributed by atoms with Crippen molar-refractivity contribution in [1.82, 2.24) is 5.32 Å². The lowest BCUT2D eigenvalue weighted by Crippen LogP contribution is -2.24. The molecule has 2 N–H and O–H groups in total. The number of fused-ring (bicyclic) bond motifs is 1. The highest BCUT2D eigenvalue weighted by molar-refractivity contribution is 5.59. The van der Waals surface area contributed by atoms with Gasteiger partial charge >= 0.3 is 0 Å². The minimum absolute atomic E-state index is 0.706. The summed E-state index contributed by atoms with van der Waals surface area (Å²) in [6.07, 6.45) is 3.67. The average molecular weight is 246 g/mol. The van der Waals surface area contributed by atoms with Gasteiger partial charge in [-0.25, -0.2) is 0 Å². The number of para-hydroxylation sites is 1. The Morgan fingerprint density at radius 1 is 1.39 bits per heavy atom. The predicted octanol–water partition coefficient (Wildman–Crippen LogP) is 2.17. The molecule has 2 aliphatic rings. The molecule has 1 unspecified atom stereocenters. The average Bonchev–Trinajstić information content (AvgIpc) is 2.92. The maximum absolute atomic E-state index is 5.40. The molecule has 1 saturated heterocycles. The molecule has 0 aliphatic carbocycles. The number of hydrogen-bond acceptors (Lipinski definition) is 3. The summed E-state index contributed by atoms with van der Waals surface area (Å²) in [5.74, 6) is 0.706. The fourth-order valence-corrected chi connectivity index (χ4v) is 2.88. The van der Waals surface area contributed by atoms with E-state index in [4.69, 9.17) is 4.74 Å². The van der Waals surface area contributed by atoms with Gasteiger partial charge in [0.15, 0.2) is 0 Å². The van der Waals surface area contributed by atoms with Gasteiger partial charge in [-0.1, -0.05) is 18.2 Å². The van der Waals surface area contributed by atoms with Crippen molar-refractivity contribution in [1.29, 1.82) is 0 Å². The van der Waals surface area contributed by atoms with Crippen LogP contribution < -0.4 is 10.6 Å². The van der Waals surface area contributed by atoms with Crippen molar-refractivity contribution in [2.45, 2.75) is 25.8 Å². The smallest absolute Gasteiger partial charge is 0.0507 e. The van der Waals surface area contributed by atoms with Gasteiger partial charge in [0.2, 0.25) is 0 Å². The number of benzene rings is 1. The summed E-state index contributed by atoms with van der Waals surface area (Å²) in [7, 11) is 0. The van der Waals surface area contributed by atoms with Crippen molar-refractivity contribution in [2.75, 3.05) is 31.6 Å². The minimum Gasteiger partial charge on any atom is -0.385 e. The molecule has 1 atom stereocenters. The Labute approximate surface area is 109 Å². The molecule has 0 spiro atoms. The van der Waals surface area contributed by atoms with Gasteiger partial charge in [0, 0.05) is 31.9 Å². The van der Waals surface area contributed by atoms with E-state index in [2.05, 4.69) is 28.8 Å². The number of ether oxygens (including phenoxy) is 1. The molecule has 0 amide bonds. The molecular weight excluding hydrogens is 224 g/mol. The summed E-state index contributed by atoms with van der Waals surface area (Å²) in [5, 5.41) is 7.12.